The van der Waals surface area contributed by atoms with E-state index in [4.69, 9.17) is 14.2 Å². The van der Waals surface area contributed by atoms with Gasteiger partial charge < -0.3 is 14.2 Å². The Bertz CT molecular complexity index is 1670. The van der Waals surface area contributed by atoms with Crippen LogP contribution in [-0.4, -0.2) is 45.0 Å². The Labute approximate surface area is 237 Å². The number of anilines is 1. The number of hydrogen-bond donors (Lipinski definition) is 0. The third kappa shape index (κ3) is 5.19. The second kappa shape index (κ2) is 10.1. The molecule has 11 heteroatoms. The van der Waals surface area contributed by atoms with Gasteiger partial charge in [0.2, 0.25) is 0 Å². The standard InChI is InChI=1S/C29H33N5O5S/c1-15-11-12-20(37-10)16(2)21(15)33-22-19(14-31-24-23(22)40-17(3)32-24)18(13-30)25(33)34(26(35)38-28(4,5)6)27(36)39-29(7,8)9/h11-12,14H,1-10H3. The second-order valence-electron chi connectivity index (χ2n) is 11.4. The van der Waals surface area contributed by atoms with Crippen LogP contribution in [-0.2, 0) is 9.47 Å². The zero-order chi connectivity index (χ0) is 29.7. The minimum absolute atomic E-state index is 0.0131. The number of nitrogens with zero attached hydrogens (tertiary/aromatic N) is 5. The Morgan fingerprint density at radius 1 is 1.02 bits per heavy atom. The first-order chi connectivity index (χ1) is 18.6. The number of carbonyl (C=O) groups is 2. The van der Waals surface area contributed by atoms with Gasteiger partial charge in [0.1, 0.15) is 28.6 Å². The van der Waals surface area contributed by atoms with Gasteiger partial charge in [0, 0.05) is 17.1 Å². The van der Waals surface area contributed by atoms with Crippen molar-refractivity contribution in [3.05, 3.63) is 40.0 Å². The molecule has 1 aromatic carbocycles. The molecule has 2 amide bonds. The molecule has 0 unspecified atom stereocenters. The van der Waals surface area contributed by atoms with Crippen LogP contribution in [0.3, 0.4) is 0 Å². The summed E-state index contributed by atoms with van der Waals surface area (Å²) in [6, 6.07) is 5.94. The quantitative estimate of drug-likeness (QED) is 0.258. The van der Waals surface area contributed by atoms with Gasteiger partial charge in [0.15, 0.2) is 11.5 Å². The lowest BCUT2D eigenvalue weighted by Crippen LogP contribution is -2.45. The highest BCUT2D eigenvalue weighted by Crippen LogP contribution is 2.43. The number of methoxy groups -OCH3 is 1. The molecule has 3 heterocycles. The number of nitriles is 1. The van der Waals surface area contributed by atoms with Crippen LogP contribution in [0.2, 0.25) is 0 Å². The van der Waals surface area contributed by atoms with Gasteiger partial charge in [0.25, 0.3) is 0 Å². The summed E-state index contributed by atoms with van der Waals surface area (Å²) in [6.45, 7) is 15.8. The molecule has 0 saturated carbocycles. The Balaban J connectivity index is 2.25. The second-order valence-corrected chi connectivity index (χ2v) is 12.6. The van der Waals surface area contributed by atoms with Gasteiger partial charge in [-0.05, 0) is 73.9 Å². The van der Waals surface area contributed by atoms with Crippen LogP contribution in [0, 0.1) is 32.1 Å². The molecular formula is C29H33N5O5S. The van der Waals surface area contributed by atoms with Gasteiger partial charge >= 0.3 is 12.2 Å². The third-order valence-corrected chi connectivity index (χ3v) is 6.90. The van der Waals surface area contributed by atoms with E-state index in [1.54, 1.807) is 59.4 Å². The fourth-order valence-corrected chi connectivity index (χ4v) is 5.41. The van der Waals surface area contributed by atoms with Crippen LogP contribution in [0.5, 0.6) is 5.75 Å². The van der Waals surface area contributed by atoms with Gasteiger partial charge in [-0.1, -0.05) is 6.07 Å². The van der Waals surface area contributed by atoms with Crippen LogP contribution in [0.4, 0.5) is 15.4 Å². The van der Waals surface area contributed by atoms with E-state index in [0.29, 0.717) is 32.7 Å². The first-order valence-corrected chi connectivity index (χ1v) is 13.5. The van der Waals surface area contributed by atoms with E-state index in [1.165, 1.54) is 11.3 Å². The van der Waals surface area contributed by atoms with E-state index in [2.05, 4.69) is 16.0 Å². The van der Waals surface area contributed by atoms with Crippen LogP contribution in [0.25, 0.3) is 26.9 Å². The number of rotatable bonds is 3. The van der Waals surface area contributed by atoms with Crippen LogP contribution < -0.4 is 9.64 Å². The van der Waals surface area contributed by atoms with Crippen molar-refractivity contribution in [1.82, 2.24) is 14.5 Å². The van der Waals surface area contributed by atoms with E-state index in [-0.39, 0.29) is 11.4 Å². The maximum absolute atomic E-state index is 13.8. The predicted molar refractivity (Wildman–Crippen MR) is 155 cm³/mol. The molecular weight excluding hydrogens is 530 g/mol. The number of imide groups is 1. The molecule has 0 fully saturated rings. The van der Waals surface area contributed by atoms with Crippen LogP contribution >= 0.6 is 11.3 Å². The van der Waals surface area contributed by atoms with Crippen molar-refractivity contribution in [2.45, 2.75) is 73.5 Å². The topological polar surface area (TPSA) is 120 Å². The summed E-state index contributed by atoms with van der Waals surface area (Å²) in [7, 11) is 1.57. The maximum Gasteiger partial charge on any atom is 0.425 e. The first-order valence-electron chi connectivity index (χ1n) is 12.7. The van der Waals surface area contributed by atoms with E-state index in [9.17, 15) is 14.9 Å². The number of hydrogen-bond acceptors (Lipinski definition) is 9. The largest absolute Gasteiger partial charge is 0.496 e. The summed E-state index contributed by atoms with van der Waals surface area (Å²) in [5.74, 6) is 0.583. The Morgan fingerprint density at radius 2 is 1.62 bits per heavy atom. The highest BCUT2D eigenvalue weighted by Gasteiger charge is 2.39. The van der Waals surface area contributed by atoms with Crippen molar-refractivity contribution >= 4 is 50.6 Å². The van der Waals surface area contributed by atoms with Crippen molar-refractivity contribution in [3.63, 3.8) is 0 Å². The maximum atomic E-state index is 13.8. The fourth-order valence-electron chi connectivity index (χ4n) is 4.49. The van der Waals surface area contributed by atoms with Crippen LogP contribution in [0.1, 0.15) is 63.2 Å². The van der Waals surface area contributed by atoms with E-state index < -0.39 is 23.4 Å². The number of aryl methyl sites for hydroxylation is 2. The summed E-state index contributed by atoms with van der Waals surface area (Å²) in [5.41, 5.74) is 1.46. The smallest absolute Gasteiger partial charge is 0.425 e. The summed E-state index contributed by atoms with van der Waals surface area (Å²) in [6.07, 6.45) is -0.418. The van der Waals surface area contributed by atoms with Gasteiger partial charge in [-0.25, -0.2) is 19.6 Å². The van der Waals surface area contributed by atoms with Gasteiger partial charge in [0.05, 0.1) is 28.0 Å². The molecule has 0 aliphatic rings. The summed E-state index contributed by atoms with van der Waals surface area (Å²) >= 11 is 1.41. The number of carbonyl (C=O) groups excluding carboxylic acids is 2. The monoisotopic (exact) mass is 563 g/mol. The van der Waals surface area contributed by atoms with Crippen molar-refractivity contribution in [3.8, 4) is 17.5 Å². The SMILES string of the molecule is COc1ccc(C)c(-n2c(N(C(=O)OC(C)(C)C)C(=O)OC(C)(C)C)c(C#N)c3cnc4nc(C)sc4c32)c1C. The average Bonchev–Trinajstić information content (AvgIpc) is 3.34. The number of benzene rings is 1. The molecule has 4 rings (SSSR count). The van der Waals surface area contributed by atoms with E-state index in [0.717, 1.165) is 21.0 Å². The minimum atomic E-state index is -0.981. The molecule has 0 aliphatic carbocycles. The number of aromatic nitrogens is 3. The van der Waals surface area contributed by atoms with Crippen molar-refractivity contribution in [2.75, 3.05) is 12.0 Å². The molecule has 0 bridgehead atoms. The number of amides is 2. The molecule has 10 nitrogen and oxygen atoms in total. The molecule has 3 aromatic heterocycles. The van der Waals surface area contributed by atoms with Crippen molar-refractivity contribution in [2.24, 2.45) is 0 Å². The number of pyridine rings is 1. The van der Waals surface area contributed by atoms with Gasteiger partial charge in [-0.3, -0.25) is 4.57 Å². The predicted octanol–water partition coefficient (Wildman–Crippen LogP) is 7.12. The highest BCUT2D eigenvalue weighted by atomic mass is 32.1. The lowest BCUT2D eigenvalue weighted by Gasteiger charge is -2.30. The van der Waals surface area contributed by atoms with Gasteiger partial charge in [-0.2, -0.15) is 10.2 Å². The molecule has 0 atom stereocenters. The molecule has 0 spiro atoms. The third-order valence-electron chi connectivity index (χ3n) is 5.93. The van der Waals surface area contributed by atoms with Crippen molar-refractivity contribution in [1.29, 1.82) is 5.26 Å². The molecule has 0 N–H and O–H groups in total. The fraction of sp³-hybridized carbons (Fsp3) is 0.414. The zero-order valence-electron chi connectivity index (χ0n) is 24.4. The van der Waals surface area contributed by atoms with E-state index in [1.807, 2.05) is 32.9 Å². The Kier molecular flexibility index (Phi) is 7.28. The number of fused-ring (bicyclic) bond motifs is 3. The minimum Gasteiger partial charge on any atom is -0.496 e. The summed E-state index contributed by atoms with van der Waals surface area (Å²) in [4.78, 5) is 37.4. The summed E-state index contributed by atoms with van der Waals surface area (Å²) in [5, 5.41) is 11.7. The van der Waals surface area contributed by atoms with Crippen molar-refractivity contribution < 1.29 is 23.8 Å². The van der Waals surface area contributed by atoms with Gasteiger partial charge in [-0.15, -0.1) is 11.3 Å². The molecule has 0 radical (unpaired) electrons. The Hall–Kier alpha value is -4.17. The highest BCUT2D eigenvalue weighted by molar-refractivity contribution is 7.19. The summed E-state index contributed by atoms with van der Waals surface area (Å²) < 4.78 is 19.4. The molecule has 4 aromatic rings. The first kappa shape index (κ1) is 28.8. The van der Waals surface area contributed by atoms with E-state index >= 15 is 0 Å². The average molecular weight is 564 g/mol. The lowest BCUT2D eigenvalue weighted by molar-refractivity contribution is 0.0428. The normalized spacial score (nSPS) is 11.9. The van der Waals surface area contributed by atoms with Crippen LogP contribution in [0.15, 0.2) is 18.3 Å². The zero-order valence-corrected chi connectivity index (χ0v) is 25.2. The number of thiazole rings is 1. The lowest BCUT2D eigenvalue weighted by atomic mass is 10.1. The molecule has 0 aliphatic heterocycles. The molecule has 0 saturated heterocycles. The number of ether oxygens (including phenoxy) is 3. The molecule has 40 heavy (non-hydrogen) atoms. The molecule has 210 valence electrons. The Morgan fingerprint density at radius 3 is 2.15 bits per heavy atom.